The lowest BCUT2D eigenvalue weighted by Crippen LogP contribution is -2.21. The average molecular weight is 413 g/mol. The van der Waals surface area contributed by atoms with E-state index in [9.17, 15) is 13.2 Å². The normalized spacial score (nSPS) is 11.7. The van der Waals surface area contributed by atoms with Gasteiger partial charge >= 0.3 is 15.6 Å². The minimum absolute atomic E-state index is 0.819. The van der Waals surface area contributed by atoms with Crippen LogP contribution in [0.2, 0.25) is 5.02 Å². The standard InChI is InChI=1S/C15H15ClS.CHF3O3S/c1-9-10(2)13(8-14(16)11(9)3)12-6-4-5-7-15(12)17;2-1(3,4)8(5,6)7/h4-8,17H,1-3H3;(H,5,6,7). The van der Waals surface area contributed by atoms with Crippen LogP contribution in [0.3, 0.4) is 0 Å². The number of alkyl halides is 3. The van der Waals surface area contributed by atoms with Gasteiger partial charge in [0.2, 0.25) is 0 Å². The Morgan fingerprint density at radius 2 is 1.48 bits per heavy atom. The van der Waals surface area contributed by atoms with Crippen molar-refractivity contribution >= 4 is 34.3 Å². The Kier molecular flexibility index (Phi) is 6.97. The molecule has 0 atom stereocenters. The summed E-state index contributed by atoms with van der Waals surface area (Å²) in [5.41, 5.74) is 0.455. The van der Waals surface area contributed by atoms with Gasteiger partial charge in [-0.05, 0) is 60.7 Å². The van der Waals surface area contributed by atoms with Crippen molar-refractivity contribution in [3.63, 3.8) is 0 Å². The molecular formula is C16H16ClF3O3S2. The van der Waals surface area contributed by atoms with Crippen LogP contribution in [0.1, 0.15) is 16.7 Å². The molecule has 2 rings (SSSR count). The summed E-state index contributed by atoms with van der Waals surface area (Å²) >= 11 is 10.8. The van der Waals surface area contributed by atoms with Crippen LogP contribution in [0.15, 0.2) is 35.2 Å². The van der Waals surface area contributed by atoms with Gasteiger partial charge in [-0.2, -0.15) is 21.6 Å². The molecule has 1 N–H and O–H groups in total. The van der Waals surface area contributed by atoms with Gasteiger partial charge in [-0.25, -0.2) is 0 Å². The molecule has 0 spiro atoms. The second-order valence-corrected chi connectivity index (χ2v) is 7.52. The maximum Gasteiger partial charge on any atom is 0.522 e. The van der Waals surface area contributed by atoms with E-state index in [4.69, 9.17) is 24.6 Å². The molecule has 0 aromatic heterocycles. The maximum atomic E-state index is 10.7. The summed E-state index contributed by atoms with van der Waals surface area (Å²) in [7, 11) is -5.84. The first kappa shape index (κ1) is 21.8. The summed E-state index contributed by atoms with van der Waals surface area (Å²) in [5, 5.41) is 0.819. The summed E-state index contributed by atoms with van der Waals surface area (Å²) in [4.78, 5) is 0.981. The van der Waals surface area contributed by atoms with Crippen molar-refractivity contribution in [1.82, 2.24) is 0 Å². The van der Waals surface area contributed by atoms with Gasteiger partial charge in [-0.15, -0.1) is 12.6 Å². The fourth-order valence-electron chi connectivity index (χ4n) is 1.99. The van der Waals surface area contributed by atoms with Crippen LogP contribution < -0.4 is 0 Å². The third-order valence-corrected chi connectivity index (χ3v) is 5.01. The van der Waals surface area contributed by atoms with Crippen LogP contribution >= 0.6 is 24.2 Å². The molecule has 0 radical (unpaired) electrons. The predicted molar refractivity (Wildman–Crippen MR) is 96.0 cm³/mol. The Morgan fingerprint density at radius 3 is 1.92 bits per heavy atom. The molecule has 0 aliphatic heterocycles. The second-order valence-electron chi connectivity index (χ2n) is 5.22. The van der Waals surface area contributed by atoms with E-state index >= 15 is 0 Å². The molecule has 0 bridgehead atoms. The van der Waals surface area contributed by atoms with E-state index in [0.29, 0.717) is 0 Å². The van der Waals surface area contributed by atoms with Crippen LogP contribution in [0.4, 0.5) is 13.2 Å². The van der Waals surface area contributed by atoms with E-state index in [1.54, 1.807) is 0 Å². The Balaban J connectivity index is 0.000000333. The van der Waals surface area contributed by atoms with E-state index in [1.165, 1.54) is 16.7 Å². The second kappa shape index (κ2) is 7.99. The average Bonchev–Trinajstić information content (AvgIpc) is 2.48. The van der Waals surface area contributed by atoms with Gasteiger partial charge in [0.15, 0.2) is 0 Å². The maximum absolute atomic E-state index is 10.7. The summed E-state index contributed by atoms with van der Waals surface area (Å²) in [6.45, 7) is 6.30. The number of hydrogen-bond donors (Lipinski definition) is 2. The zero-order valence-corrected chi connectivity index (χ0v) is 16.0. The van der Waals surface area contributed by atoms with Gasteiger partial charge in [0, 0.05) is 9.92 Å². The van der Waals surface area contributed by atoms with Crippen LogP contribution in [-0.2, 0) is 10.1 Å². The highest BCUT2D eigenvalue weighted by Gasteiger charge is 2.44. The molecule has 138 valence electrons. The minimum atomic E-state index is -5.84. The lowest BCUT2D eigenvalue weighted by Gasteiger charge is -2.14. The molecule has 0 fully saturated rings. The van der Waals surface area contributed by atoms with Gasteiger partial charge < -0.3 is 0 Å². The van der Waals surface area contributed by atoms with Gasteiger partial charge in [-0.3, -0.25) is 4.55 Å². The van der Waals surface area contributed by atoms with E-state index in [1.807, 2.05) is 24.3 Å². The largest absolute Gasteiger partial charge is 0.522 e. The summed E-state index contributed by atoms with van der Waals surface area (Å²) in [6, 6.07) is 10.1. The fraction of sp³-hybridized carbons (Fsp3) is 0.250. The SMILES string of the molecule is Cc1c(Cl)cc(-c2ccccc2S)c(C)c1C.O=S(=O)(O)C(F)(F)F. The molecular weight excluding hydrogens is 397 g/mol. The van der Waals surface area contributed by atoms with Crippen molar-refractivity contribution in [3.8, 4) is 11.1 Å². The summed E-state index contributed by atoms with van der Waals surface area (Å²) < 4.78 is 57.5. The summed E-state index contributed by atoms with van der Waals surface area (Å²) in [5.74, 6) is 0. The summed E-state index contributed by atoms with van der Waals surface area (Å²) in [6.07, 6.45) is 0. The molecule has 0 saturated carbocycles. The highest BCUT2D eigenvalue weighted by molar-refractivity contribution is 7.86. The first-order chi connectivity index (χ1) is 11.3. The highest BCUT2D eigenvalue weighted by atomic mass is 35.5. The monoisotopic (exact) mass is 412 g/mol. The Morgan fingerprint density at radius 1 is 1.00 bits per heavy atom. The molecule has 25 heavy (non-hydrogen) atoms. The molecule has 0 amide bonds. The van der Waals surface area contributed by atoms with E-state index in [-0.39, 0.29) is 0 Å². The molecule has 0 saturated heterocycles. The van der Waals surface area contributed by atoms with Crippen molar-refractivity contribution in [2.75, 3.05) is 0 Å². The van der Waals surface area contributed by atoms with Crippen molar-refractivity contribution < 1.29 is 26.1 Å². The highest BCUT2D eigenvalue weighted by Crippen LogP contribution is 2.35. The van der Waals surface area contributed by atoms with Crippen LogP contribution in [0.5, 0.6) is 0 Å². The van der Waals surface area contributed by atoms with Crippen LogP contribution in [-0.4, -0.2) is 18.5 Å². The lowest BCUT2D eigenvalue weighted by atomic mass is 9.94. The van der Waals surface area contributed by atoms with E-state index in [0.717, 1.165) is 21.0 Å². The van der Waals surface area contributed by atoms with Gasteiger partial charge in [-0.1, -0.05) is 29.8 Å². The molecule has 9 heteroatoms. The van der Waals surface area contributed by atoms with Gasteiger partial charge in [0.25, 0.3) is 0 Å². The number of thiol groups is 1. The molecule has 3 nitrogen and oxygen atoms in total. The quantitative estimate of drug-likeness (QED) is 0.363. The first-order valence-electron chi connectivity index (χ1n) is 6.85. The van der Waals surface area contributed by atoms with E-state index < -0.39 is 15.6 Å². The van der Waals surface area contributed by atoms with Crippen molar-refractivity contribution in [2.24, 2.45) is 0 Å². The zero-order chi connectivity index (χ0) is 19.6. The van der Waals surface area contributed by atoms with E-state index in [2.05, 4.69) is 39.5 Å². The molecule has 2 aromatic rings. The van der Waals surface area contributed by atoms with Crippen molar-refractivity contribution in [3.05, 3.63) is 52.0 Å². The third-order valence-electron chi connectivity index (χ3n) is 3.65. The predicted octanol–water partition coefficient (Wildman–Crippen LogP) is 5.61. The smallest absolute Gasteiger partial charge is 0.279 e. The molecule has 0 heterocycles. The molecule has 0 unspecified atom stereocenters. The fourth-order valence-corrected chi connectivity index (χ4v) is 2.52. The van der Waals surface area contributed by atoms with Crippen LogP contribution in [0, 0.1) is 20.8 Å². The first-order valence-corrected chi connectivity index (χ1v) is 9.12. The third kappa shape index (κ3) is 5.37. The Labute approximate surface area is 155 Å². The zero-order valence-electron chi connectivity index (χ0n) is 13.5. The number of halogens is 4. The Bertz CT molecular complexity index is 879. The van der Waals surface area contributed by atoms with Gasteiger partial charge in [0.1, 0.15) is 0 Å². The molecule has 0 aliphatic rings. The topological polar surface area (TPSA) is 54.4 Å². The van der Waals surface area contributed by atoms with Gasteiger partial charge in [0.05, 0.1) is 0 Å². The molecule has 2 aromatic carbocycles. The van der Waals surface area contributed by atoms with Crippen molar-refractivity contribution in [2.45, 2.75) is 31.2 Å². The molecule has 0 aliphatic carbocycles. The van der Waals surface area contributed by atoms with Crippen LogP contribution in [0.25, 0.3) is 11.1 Å². The number of rotatable bonds is 1. The van der Waals surface area contributed by atoms with Crippen molar-refractivity contribution in [1.29, 1.82) is 0 Å². The Hall–Kier alpha value is -1.22. The lowest BCUT2D eigenvalue weighted by molar-refractivity contribution is -0.0510. The minimum Gasteiger partial charge on any atom is -0.279 e. The number of benzene rings is 2. The number of hydrogen-bond acceptors (Lipinski definition) is 3.